The number of hydrogen-bond acceptors (Lipinski definition) is 8. The minimum absolute atomic E-state index is 0. The molecule has 125 valence electrons. The minimum atomic E-state index is -4.14. The molecule has 13 heteroatoms. The summed E-state index contributed by atoms with van der Waals surface area (Å²) in [7, 11) is -4.14. The van der Waals surface area contributed by atoms with Crippen LogP contribution in [0.2, 0.25) is 0 Å². The van der Waals surface area contributed by atoms with Crippen LogP contribution in [0.3, 0.4) is 0 Å². The second-order valence-corrected chi connectivity index (χ2v) is 9.13. The third kappa shape index (κ3) is 163. The zero-order valence-corrected chi connectivity index (χ0v) is 13.9. The van der Waals surface area contributed by atoms with Gasteiger partial charge in [0.25, 0.3) is 5.09 Å². The quantitative estimate of drug-likeness (QED) is 0.281. The summed E-state index contributed by atoms with van der Waals surface area (Å²) in [5.41, 5.74) is 0. The van der Waals surface area contributed by atoms with Gasteiger partial charge in [-0.05, 0) is 25.5 Å². The van der Waals surface area contributed by atoms with Crippen molar-refractivity contribution in [3.63, 3.8) is 0 Å². The second kappa shape index (κ2) is 16.7. The van der Waals surface area contributed by atoms with Crippen LogP contribution in [0, 0.1) is 10.1 Å². The first-order valence-corrected chi connectivity index (χ1v) is 9.70. The van der Waals surface area contributed by atoms with Crippen LogP contribution in [0.1, 0.15) is 20.8 Å². The molecule has 0 amide bonds. The van der Waals surface area contributed by atoms with E-state index in [1.165, 1.54) is 6.66 Å². The van der Waals surface area contributed by atoms with E-state index in [-0.39, 0.29) is 29.8 Å². The average molecular weight is 434 g/mol. The molecular weight excluding hydrogens is 416 g/mol. The van der Waals surface area contributed by atoms with Crippen molar-refractivity contribution in [2.75, 3.05) is 19.1 Å². The van der Waals surface area contributed by atoms with Crippen LogP contribution in [-0.4, -0.2) is 29.4 Å². The van der Waals surface area contributed by atoms with Crippen molar-refractivity contribution < 1.29 is 56.5 Å². The van der Waals surface area contributed by atoms with Gasteiger partial charge >= 0.3 is 0 Å². The van der Waals surface area contributed by atoms with Crippen molar-refractivity contribution in [3.05, 3.63) is 10.1 Å². The first kappa shape index (κ1) is 31.8. The van der Waals surface area contributed by atoms with Crippen molar-refractivity contribution >= 4 is 25.5 Å². The van der Waals surface area contributed by atoms with Gasteiger partial charge in [0.2, 0.25) is 0 Å². The molecule has 0 aliphatic rings. The smallest absolute Gasteiger partial charge is 0.291 e. The van der Waals surface area contributed by atoms with E-state index in [4.69, 9.17) is 29.7 Å². The van der Waals surface area contributed by atoms with Crippen molar-refractivity contribution in [1.29, 1.82) is 0 Å². The Labute approximate surface area is 132 Å². The van der Waals surface area contributed by atoms with Gasteiger partial charge in [-0.3, -0.25) is 0 Å². The van der Waals surface area contributed by atoms with E-state index in [1.54, 1.807) is 0 Å². The first-order chi connectivity index (χ1) is 7.29. The molecule has 0 saturated carbocycles. The van der Waals surface area contributed by atoms with E-state index in [0.29, 0.717) is 6.66 Å². The molecule has 0 rings (SSSR count). The first-order valence-electron chi connectivity index (χ1n) is 4.05. The fourth-order valence-corrected chi connectivity index (χ4v) is 2.31. The minimum Gasteiger partial charge on any atom is -0.811 e. The summed E-state index contributed by atoms with van der Waals surface area (Å²) in [6.45, 7) is 0.835. The topological polar surface area (TPSA) is 167 Å². The van der Waals surface area contributed by atoms with Gasteiger partial charge < -0.3 is 29.0 Å². The zero-order valence-electron chi connectivity index (χ0n) is 9.77. The third-order valence-corrected chi connectivity index (χ3v) is 3.54. The molecular formula is C6H18AgNO8P2S-3. The van der Waals surface area contributed by atoms with E-state index in [2.05, 4.69) is 0 Å². The molecule has 0 bridgehead atoms. The molecule has 1 atom stereocenters. The van der Waals surface area contributed by atoms with Crippen LogP contribution >= 0.6 is 25.5 Å². The van der Waals surface area contributed by atoms with Gasteiger partial charge in [0.15, 0.2) is 0 Å². The molecule has 0 aliphatic carbocycles. The molecule has 0 spiro atoms. The van der Waals surface area contributed by atoms with Crippen LogP contribution in [0.5, 0.6) is 0 Å². The molecule has 0 aromatic rings. The number of hydrogen-bond donors (Lipinski definition) is 1. The summed E-state index contributed by atoms with van der Waals surface area (Å²) in [6, 6.07) is 0. The maximum Gasteiger partial charge on any atom is 0.291 e. The molecule has 0 fully saturated rings. The van der Waals surface area contributed by atoms with Gasteiger partial charge in [0.05, 0.1) is 6.57 Å². The standard InChI is InChI=1S/C4H11O2PS.CH5O3P.CH4.Ag.HNO3/c1-3-4-8-7(2,5)6;1-5(2,3)4;;;2-1(3)4/h3-4H2,1-2H3,(H,5,6);1H3,(H2,2,3,4);1H4;;(H,2,3,4)/p-3. The predicted octanol–water partition coefficient (Wildman–Crippen LogP) is 0.129. The maximum absolute atomic E-state index is 10.4. The Hall–Kier alpha value is 0.630. The van der Waals surface area contributed by atoms with Gasteiger partial charge in [-0.25, -0.2) is 0 Å². The zero-order chi connectivity index (χ0) is 14.7. The van der Waals surface area contributed by atoms with Crippen LogP contribution < -0.4 is 14.7 Å². The average Bonchev–Trinajstić information content (AvgIpc) is 1.94. The van der Waals surface area contributed by atoms with Crippen molar-refractivity contribution in [2.24, 2.45) is 0 Å². The normalized spacial score (nSPS) is 11.9. The van der Waals surface area contributed by atoms with Crippen molar-refractivity contribution in [1.82, 2.24) is 0 Å². The Morgan fingerprint density at radius 3 is 1.47 bits per heavy atom. The van der Waals surface area contributed by atoms with E-state index < -0.39 is 19.3 Å². The molecule has 1 unspecified atom stereocenters. The van der Waals surface area contributed by atoms with E-state index in [0.717, 1.165) is 23.6 Å². The van der Waals surface area contributed by atoms with Crippen LogP contribution in [0.15, 0.2) is 0 Å². The summed E-state index contributed by atoms with van der Waals surface area (Å²) in [5, 5.41) is 13.6. The van der Waals surface area contributed by atoms with Gasteiger partial charge in [0.1, 0.15) is 0 Å². The molecule has 1 radical (unpaired) electrons. The fourth-order valence-electron chi connectivity index (χ4n) is 0.257. The fraction of sp³-hybridized carbons (Fsp3) is 1.00. The Balaban J connectivity index is -0.0000000524. The molecule has 0 aromatic heterocycles. The number of nitrogens with zero attached hydrogens (tertiary/aromatic N) is 1. The van der Waals surface area contributed by atoms with E-state index in [9.17, 15) is 9.46 Å². The van der Waals surface area contributed by atoms with Gasteiger partial charge in [-0.2, -0.15) is 0 Å². The molecule has 0 heterocycles. The summed E-state index contributed by atoms with van der Waals surface area (Å²) in [4.78, 5) is 37.0. The Kier molecular flexibility index (Phi) is 28.0. The third-order valence-electron chi connectivity index (χ3n) is 0.530. The molecule has 1 N–H and O–H groups in total. The molecule has 0 saturated heterocycles. The van der Waals surface area contributed by atoms with Crippen LogP contribution in [0.4, 0.5) is 0 Å². The maximum atomic E-state index is 10.4. The van der Waals surface area contributed by atoms with Crippen molar-refractivity contribution in [2.45, 2.75) is 20.8 Å². The number of rotatable bonds is 3. The SMILES string of the molecule is C.CCCSP(C)(=O)[O-].CP(=O)([O-])[O-].O=[N+]([O-])O.[Ag]. The monoisotopic (exact) mass is 433 g/mol. The Morgan fingerprint density at radius 2 is 1.42 bits per heavy atom. The Morgan fingerprint density at radius 1 is 1.21 bits per heavy atom. The molecule has 0 aromatic carbocycles. The predicted molar refractivity (Wildman–Crippen MR) is 65.3 cm³/mol. The molecule has 9 nitrogen and oxygen atoms in total. The molecule has 19 heavy (non-hydrogen) atoms. The van der Waals surface area contributed by atoms with Gasteiger partial charge in [0, 0.05) is 22.4 Å². The summed E-state index contributed by atoms with van der Waals surface area (Å²) in [5.74, 6) is 0.720. The van der Waals surface area contributed by atoms with Crippen LogP contribution in [0.25, 0.3) is 0 Å². The van der Waals surface area contributed by atoms with Crippen LogP contribution in [-0.2, 0) is 31.5 Å². The van der Waals surface area contributed by atoms with Gasteiger partial charge in [-0.15, -0.1) is 21.5 Å². The summed E-state index contributed by atoms with van der Waals surface area (Å²) < 4.78 is 19.5. The summed E-state index contributed by atoms with van der Waals surface area (Å²) >= 11 is 1.03. The van der Waals surface area contributed by atoms with E-state index in [1.807, 2.05) is 6.92 Å². The summed E-state index contributed by atoms with van der Waals surface area (Å²) in [6.07, 6.45) is 0.921. The second-order valence-electron chi connectivity index (χ2n) is 2.61. The van der Waals surface area contributed by atoms with E-state index >= 15 is 0 Å². The Bertz CT molecular complexity index is 281. The molecule has 0 aliphatic heterocycles. The largest absolute Gasteiger partial charge is 0.811 e. The van der Waals surface area contributed by atoms with Gasteiger partial charge in [-0.1, -0.05) is 21.9 Å². The van der Waals surface area contributed by atoms with Crippen molar-refractivity contribution in [3.8, 4) is 0 Å².